The van der Waals surface area contributed by atoms with E-state index < -0.39 is 54.7 Å². The van der Waals surface area contributed by atoms with Crippen molar-refractivity contribution in [2.75, 3.05) is 11.6 Å². The second kappa shape index (κ2) is 11.6. The number of hydrogen-bond donors (Lipinski definition) is 0. The Bertz CT molecular complexity index is 1320. The summed E-state index contributed by atoms with van der Waals surface area (Å²) in [6, 6.07) is 7.65. The van der Waals surface area contributed by atoms with E-state index in [2.05, 4.69) is 5.10 Å². The van der Waals surface area contributed by atoms with Crippen LogP contribution >= 0.6 is 7.82 Å². The zero-order valence-corrected chi connectivity index (χ0v) is 23.9. The molecule has 0 spiro atoms. The molecule has 3 aromatic rings. The van der Waals surface area contributed by atoms with Gasteiger partial charge in [-0.25, -0.2) is 17.7 Å². The molecule has 0 atom stereocenters. The zero-order valence-electron chi connectivity index (χ0n) is 23.0. The fourth-order valence-electron chi connectivity index (χ4n) is 3.57. The Morgan fingerprint density at radius 1 is 0.949 bits per heavy atom. The monoisotopic (exact) mass is 567 g/mol. The Morgan fingerprint density at radius 2 is 1.49 bits per heavy atom. The second-order valence-corrected chi connectivity index (χ2v) is 12.4. The standard InChI is InChI=1S/C27H33F3N3O5P/c1-18-10-8-11-21(28)20(18)16-32-15-19(14-31-32)33(25(34)24-22(29)12-9-13-23(24)30)17-36-39(35,37-26(2,3)4)38-27(5,6)7/h8-15H,16-17H2,1-7H3. The SMILES string of the molecule is Cc1cccc(F)c1Cn1cc(N(COP(=O)(OC(C)(C)C)OC(C)(C)C)C(=O)c2c(F)cccc2F)cn1. The van der Waals surface area contributed by atoms with E-state index in [1.807, 2.05) is 0 Å². The van der Waals surface area contributed by atoms with E-state index in [0.717, 1.165) is 23.1 Å². The molecular weight excluding hydrogens is 534 g/mol. The number of aryl methyl sites for hydroxylation is 1. The van der Waals surface area contributed by atoms with Gasteiger partial charge in [0.05, 0.1) is 29.6 Å². The number of rotatable bonds is 9. The normalized spacial score (nSPS) is 12.6. The fraction of sp³-hybridized carbons (Fsp3) is 0.407. The maximum atomic E-state index is 14.6. The van der Waals surface area contributed by atoms with Gasteiger partial charge in [0, 0.05) is 11.8 Å². The van der Waals surface area contributed by atoms with Gasteiger partial charge < -0.3 is 0 Å². The number of carbonyl (C=O) groups excluding carboxylic acids is 1. The van der Waals surface area contributed by atoms with E-state index in [4.69, 9.17) is 13.6 Å². The molecule has 1 aromatic heterocycles. The Labute approximate surface area is 226 Å². The highest BCUT2D eigenvalue weighted by molar-refractivity contribution is 7.48. The summed E-state index contributed by atoms with van der Waals surface area (Å²) in [6.07, 6.45) is 2.63. The van der Waals surface area contributed by atoms with Crippen LogP contribution in [-0.4, -0.2) is 33.6 Å². The van der Waals surface area contributed by atoms with Crippen molar-refractivity contribution in [3.8, 4) is 0 Å². The number of halogens is 3. The molecule has 212 valence electrons. The van der Waals surface area contributed by atoms with E-state index in [1.54, 1.807) is 60.6 Å². The Balaban J connectivity index is 2.00. The number of carbonyl (C=O) groups is 1. The highest BCUT2D eigenvalue weighted by atomic mass is 31.2. The number of nitrogens with zero attached hydrogens (tertiary/aromatic N) is 3. The zero-order chi connectivity index (χ0) is 29.2. The van der Waals surface area contributed by atoms with Crippen molar-refractivity contribution in [2.45, 2.75) is 66.2 Å². The first kappa shape index (κ1) is 30.6. The van der Waals surface area contributed by atoms with Crippen LogP contribution in [0.25, 0.3) is 0 Å². The van der Waals surface area contributed by atoms with E-state index in [9.17, 15) is 22.5 Å². The average molecular weight is 568 g/mol. The van der Waals surface area contributed by atoms with Crippen molar-refractivity contribution in [2.24, 2.45) is 0 Å². The van der Waals surface area contributed by atoms with Crippen molar-refractivity contribution in [1.29, 1.82) is 0 Å². The Morgan fingerprint density at radius 3 is 2.03 bits per heavy atom. The molecule has 3 rings (SSSR count). The summed E-state index contributed by atoms with van der Waals surface area (Å²) in [5.74, 6) is -3.75. The van der Waals surface area contributed by atoms with Crippen LogP contribution in [0.2, 0.25) is 0 Å². The lowest BCUT2D eigenvalue weighted by Crippen LogP contribution is -2.35. The van der Waals surface area contributed by atoms with E-state index in [0.29, 0.717) is 11.1 Å². The molecular formula is C27H33F3N3O5P. The van der Waals surface area contributed by atoms with Crippen LogP contribution in [0.5, 0.6) is 0 Å². The Hall–Kier alpha value is -2.98. The van der Waals surface area contributed by atoms with Gasteiger partial charge >= 0.3 is 7.82 Å². The van der Waals surface area contributed by atoms with E-state index in [1.165, 1.54) is 23.1 Å². The molecule has 0 saturated carbocycles. The number of phosphoric ester groups is 1. The fourth-order valence-corrected chi connectivity index (χ4v) is 5.31. The number of benzene rings is 2. The highest BCUT2D eigenvalue weighted by Gasteiger charge is 2.39. The van der Waals surface area contributed by atoms with Gasteiger partial charge in [0.25, 0.3) is 5.91 Å². The van der Waals surface area contributed by atoms with Crippen LogP contribution in [0, 0.1) is 24.4 Å². The second-order valence-electron chi connectivity index (χ2n) is 10.9. The van der Waals surface area contributed by atoms with E-state index >= 15 is 0 Å². The molecule has 0 bridgehead atoms. The summed E-state index contributed by atoms with van der Waals surface area (Å²) in [6.45, 7) is 10.8. The highest BCUT2D eigenvalue weighted by Crippen LogP contribution is 2.55. The van der Waals surface area contributed by atoms with Gasteiger partial charge in [-0.2, -0.15) is 5.10 Å². The van der Waals surface area contributed by atoms with Crippen molar-refractivity contribution in [3.05, 3.63) is 82.9 Å². The van der Waals surface area contributed by atoms with Gasteiger partial charge in [0.2, 0.25) is 0 Å². The minimum absolute atomic E-state index is 0.0220. The minimum atomic E-state index is -4.31. The summed E-state index contributed by atoms with van der Waals surface area (Å²) < 4.78 is 75.2. The maximum absolute atomic E-state index is 14.6. The molecule has 0 aliphatic rings. The summed E-state index contributed by atoms with van der Waals surface area (Å²) in [4.78, 5) is 14.3. The lowest BCUT2D eigenvalue weighted by Gasteiger charge is -2.32. The van der Waals surface area contributed by atoms with Crippen molar-refractivity contribution in [1.82, 2.24) is 9.78 Å². The van der Waals surface area contributed by atoms with Gasteiger partial charge in [0.1, 0.15) is 29.7 Å². The van der Waals surface area contributed by atoms with Crippen LogP contribution in [-0.2, 0) is 24.7 Å². The maximum Gasteiger partial charge on any atom is 0.477 e. The third-order valence-corrected chi connectivity index (χ3v) is 7.12. The minimum Gasteiger partial charge on any atom is -0.281 e. The van der Waals surface area contributed by atoms with Crippen molar-refractivity contribution >= 4 is 19.4 Å². The molecule has 0 aliphatic heterocycles. The molecule has 0 saturated heterocycles. The quantitative estimate of drug-likeness (QED) is 0.204. The predicted molar refractivity (Wildman–Crippen MR) is 141 cm³/mol. The lowest BCUT2D eigenvalue weighted by molar-refractivity contribution is 0.00376. The average Bonchev–Trinajstić information content (AvgIpc) is 3.22. The first-order chi connectivity index (χ1) is 18.0. The van der Waals surface area contributed by atoms with Gasteiger partial charge in [-0.1, -0.05) is 18.2 Å². The van der Waals surface area contributed by atoms with Gasteiger partial charge in [-0.15, -0.1) is 0 Å². The lowest BCUT2D eigenvalue weighted by atomic mass is 10.1. The summed E-state index contributed by atoms with van der Waals surface area (Å²) in [7, 11) is -4.31. The summed E-state index contributed by atoms with van der Waals surface area (Å²) in [5, 5.41) is 4.18. The van der Waals surface area contributed by atoms with Crippen LogP contribution in [0.1, 0.15) is 63.0 Å². The van der Waals surface area contributed by atoms with Gasteiger partial charge in [-0.05, 0) is 72.2 Å². The predicted octanol–water partition coefficient (Wildman–Crippen LogP) is 7.02. The number of hydrogen-bond acceptors (Lipinski definition) is 6. The molecule has 8 nitrogen and oxygen atoms in total. The number of amides is 1. The number of aromatic nitrogens is 2. The van der Waals surface area contributed by atoms with Crippen LogP contribution in [0.15, 0.2) is 48.8 Å². The van der Waals surface area contributed by atoms with E-state index in [-0.39, 0.29) is 12.2 Å². The third kappa shape index (κ3) is 8.25. The Kier molecular flexibility index (Phi) is 9.12. The van der Waals surface area contributed by atoms with Crippen LogP contribution in [0.3, 0.4) is 0 Å². The molecule has 12 heteroatoms. The largest absolute Gasteiger partial charge is 0.477 e. The molecule has 0 aliphatic carbocycles. The first-order valence-corrected chi connectivity index (χ1v) is 13.6. The molecule has 2 aromatic carbocycles. The molecule has 0 fully saturated rings. The summed E-state index contributed by atoms with van der Waals surface area (Å²) >= 11 is 0. The van der Waals surface area contributed by atoms with Crippen molar-refractivity contribution < 1.29 is 36.1 Å². The van der Waals surface area contributed by atoms with Crippen molar-refractivity contribution in [3.63, 3.8) is 0 Å². The van der Waals surface area contributed by atoms with Gasteiger partial charge in [0.15, 0.2) is 0 Å². The number of phosphoric acid groups is 1. The van der Waals surface area contributed by atoms with Crippen LogP contribution < -0.4 is 4.90 Å². The smallest absolute Gasteiger partial charge is 0.281 e. The molecule has 0 radical (unpaired) electrons. The first-order valence-electron chi connectivity index (χ1n) is 12.2. The third-order valence-electron chi connectivity index (χ3n) is 5.14. The van der Waals surface area contributed by atoms with Gasteiger partial charge in [-0.3, -0.25) is 27.9 Å². The van der Waals surface area contributed by atoms with Crippen LogP contribution in [0.4, 0.5) is 18.9 Å². The summed E-state index contributed by atoms with van der Waals surface area (Å²) in [5.41, 5.74) is -1.65. The molecule has 39 heavy (non-hydrogen) atoms. The molecule has 1 amide bonds. The number of anilines is 1. The molecule has 0 unspecified atom stereocenters. The molecule has 0 N–H and O–H groups in total. The topological polar surface area (TPSA) is 82.9 Å². The molecule has 1 heterocycles.